The second-order valence-electron chi connectivity index (χ2n) is 8.05. The van der Waals surface area contributed by atoms with Crippen molar-refractivity contribution in [1.29, 1.82) is 0 Å². The van der Waals surface area contributed by atoms with Crippen molar-refractivity contribution in [3.05, 3.63) is 59.0 Å². The van der Waals surface area contributed by atoms with E-state index in [9.17, 15) is 14.4 Å². The third kappa shape index (κ3) is 4.69. The molecule has 0 bridgehead atoms. The number of aromatic nitrogens is 5. The monoisotopic (exact) mass is 506 g/mol. The molecule has 4 aromatic rings. The Morgan fingerprint density at radius 2 is 2.03 bits per heavy atom. The first-order chi connectivity index (χ1) is 18.0. The predicted octanol–water partition coefficient (Wildman–Crippen LogP) is 1.53. The summed E-state index contributed by atoms with van der Waals surface area (Å²) in [6.45, 7) is 0. The van der Waals surface area contributed by atoms with Crippen LogP contribution in [0.15, 0.2) is 52.2 Å². The summed E-state index contributed by atoms with van der Waals surface area (Å²) in [6.07, 6.45) is 5.16. The Bertz CT molecular complexity index is 1520. The number of carbonyl (C=O) groups is 2. The minimum Gasteiger partial charge on any atom is -0.408 e. The first-order valence-corrected chi connectivity index (χ1v) is 11.3. The molecule has 4 heterocycles. The maximum absolute atomic E-state index is 13.1. The van der Waals surface area contributed by atoms with Crippen LogP contribution in [0.4, 0.5) is 16.4 Å². The minimum atomic E-state index is -0.778. The molecule has 0 aliphatic heterocycles. The number of ether oxygens (including phenoxy) is 2. The molecule has 0 aromatic carbocycles. The maximum atomic E-state index is 13.1. The maximum Gasteiger partial charge on any atom is 0.412 e. The van der Waals surface area contributed by atoms with Gasteiger partial charge in [-0.25, -0.2) is 19.7 Å². The highest BCUT2D eigenvalue weighted by atomic mass is 16.6. The number of nitrogens with one attached hydrogen (secondary N) is 3. The Balaban J connectivity index is 1.52. The Labute approximate surface area is 209 Å². The van der Waals surface area contributed by atoms with Crippen molar-refractivity contribution in [3.63, 3.8) is 0 Å². The van der Waals surface area contributed by atoms with Crippen LogP contribution in [0.3, 0.4) is 0 Å². The highest BCUT2D eigenvalue weighted by Gasteiger charge is 2.34. The van der Waals surface area contributed by atoms with Crippen LogP contribution < -0.4 is 26.2 Å². The van der Waals surface area contributed by atoms with E-state index >= 15 is 0 Å². The van der Waals surface area contributed by atoms with Gasteiger partial charge in [0.15, 0.2) is 17.1 Å². The van der Waals surface area contributed by atoms with Gasteiger partial charge in [-0.05, 0) is 25.0 Å². The Morgan fingerprint density at radius 1 is 1.16 bits per heavy atom. The molecule has 5 rings (SSSR count). The molecular formula is C23H22N8O6. The van der Waals surface area contributed by atoms with Gasteiger partial charge in [0, 0.05) is 38.8 Å². The molecule has 0 spiro atoms. The molecule has 0 saturated heterocycles. The quantitative estimate of drug-likeness (QED) is 0.331. The molecule has 14 nitrogen and oxygen atoms in total. The molecule has 2 atom stereocenters. The van der Waals surface area contributed by atoms with Crippen LogP contribution in [0.2, 0.25) is 0 Å². The molecule has 1 saturated carbocycles. The molecule has 3 N–H and O–H groups in total. The van der Waals surface area contributed by atoms with E-state index in [0.29, 0.717) is 5.82 Å². The van der Waals surface area contributed by atoms with Crippen LogP contribution in [0.25, 0.3) is 16.9 Å². The Hall–Kier alpha value is -4.85. The zero-order valence-corrected chi connectivity index (χ0v) is 19.8. The van der Waals surface area contributed by atoms with Crippen LogP contribution in [-0.4, -0.2) is 63.0 Å². The van der Waals surface area contributed by atoms with Crippen molar-refractivity contribution >= 4 is 34.7 Å². The first-order valence-electron chi connectivity index (χ1n) is 11.3. The topological polar surface area (TPSA) is 175 Å². The summed E-state index contributed by atoms with van der Waals surface area (Å²) < 4.78 is 17.2. The number of nitrogens with zero attached hydrogens (tertiary/aromatic N) is 5. The van der Waals surface area contributed by atoms with Gasteiger partial charge in [-0.2, -0.15) is 0 Å². The Morgan fingerprint density at radius 3 is 2.73 bits per heavy atom. The van der Waals surface area contributed by atoms with Gasteiger partial charge in [-0.15, -0.1) is 0 Å². The van der Waals surface area contributed by atoms with E-state index in [0.717, 1.165) is 12.8 Å². The van der Waals surface area contributed by atoms with Crippen molar-refractivity contribution in [3.8, 4) is 11.6 Å². The fourth-order valence-corrected chi connectivity index (χ4v) is 3.78. The third-order valence-electron chi connectivity index (χ3n) is 5.83. The molecule has 0 radical (unpaired) electrons. The summed E-state index contributed by atoms with van der Waals surface area (Å²) in [6, 6.07) is 6.31. The number of pyridine rings is 2. The molecule has 4 aromatic heterocycles. The fraction of sp³-hybridized carbons (Fsp3) is 0.261. The molecule has 37 heavy (non-hydrogen) atoms. The summed E-state index contributed by atoms with van der Waals surface area (Å²) in [5.74, 6) is -0.409. The minimum absolute atomic E-state index is 0.0238. The van der Waals surface area contributed by atoms with Gasteiger partial charge >= 0.3 is 6.09 Å². The van der Waals surface area contributed by atoms with Crippen LogP contribution in [0, 0.1) is 0 Å². The second-order valence-corrected chi connectivity index (χ2v) is 8.05. The van der Waals surface area contributed by atoms with Crippen molar-refractivity contribution in [2.45, 2.75) is 25.0 Å². The fourth-order valence-electron chi connectivity index (χ4n) is 3.78. The summed E-state index contributed by atoms with van der Waals surface area (Å²) >= 11 is 0. The SMILES string of the molecule is CNC(=O)Oc1cc(Nc2nccn(-c3ccccn3)c2=O)nc2c(C(=O)N[C@@H]3CC[C@H]3OC)onc12. The second kappa shape index (κ2) is 10.0. The predicted molar refractivity (Wildman–Crippen MR) is 129 cm³/mol. The zero-order valence-electron chi connectivity index (χ0n) is 19.8. The summed E-state index contributed by atoms with van der Waals surface area (Å²) in [5, 5.41) is 11.9. The number of carbonyl (C=O) groups excluding carboxylic acids is 2. The molecular weight excluding hydrogens is 484 g/mol. The summed E-state index contributed by atoms with van der Waals surface area (Å²) in [7, 11) is 2.97. The van der Waals surface area contributed by atoms with Crippen molar-refractivity contribution in [1.82, 2.24) is 35.3 Å². The lowest BCUT2D eigenvalue weighted by atomic mass is 9.89. The normalized spacial score (nSPS) is 16.6. The van der Waals surface area contributed by atoms with E-state index in [1.165, 1.54) is 30.1 Å². The molecule has 14 heteroatoms. The van der Waals surface area contributed by atoms with Gasteiger partial charge in [0.1, 0.15) is 17.2 Å². The van der Waals surface area contributed by atoms with E-state index < -0.39 is 17.6 Å². The lowest BCUT2D eigenvalue weighted by Crippen LogP contribution is -2.51. The summed E-state index contributed by atoms with van der Waals surface area (Å²) in [5.41, 5.74) is -0.436. The number of hydrogen-bond donors (Lipinski definition) is 3. The van der Waals surface area contributed by atoms with E-state index in [1.807, 2.05) is 0 Å². The molecule has 1 aliphatic carbocycles. The van der Waals surface area contributed by atoms with E-state index in [-0.39, 0.29) is 46.3 Å². The van der Waals surface area contributed by atoms with Gasteiger partial charge in [0.2, 0.25) is 5.76 Å². The number of methoxy groups -OCH3 is 1. The highest BCUT2D eigenvalue weighted by molar-refractivity contribution is 6.04. The average molecular weight is 506 g/mol. The van der Waals surface area contributed by atoms with Crippen molar-refractivity contribution in [2.24, 2.45) is 0 Å². The number of rotatable bonds is 7. The standard InChI is InChI=1S/C23H22N8O6/c1-24-23(34)36-14-11-15(29-20-22(33)31(10-9-26-20)16-5-3-4-8-25-16)28-18-17(14)30-37-19(18)21(32)27-12-6-7-13(12)35-2/h3-5,8-13H,6-7H2,1-2H3,(H,24,34)(H,27,32)(H,26,28,29)/t12-,13-/m1/s1. The number of amides is 2. The average Bonchev–Trinajstić information content (AvgIpc) is 3.33. The van der Waals surface area contributed by atoms with Gasteiger partial charge in [0.05, 0.1) is 12.1 Å². The lowest BCUT2D eigenvalue weighted by Gasteiger charge is -2.35. The molecule has 1 fully saturated rings. The van der Waals surface area contributed by atoms with Crippen LogP contribution >= 0.6 is 0 Å². The van der Waals surface area contributed by atoms with Crippen LogP contribution in [-0.2, 0) is 4.74 Å². The lowest BCUT2D eigenvalue weighted by molar-refractivity contribution is 0.00677. The van der Waals surface area contributed by atoms with Crippen LogP contribution in [0.1, 0.15) is 23.4 Å². The largest absolute Gasteiger partial charge is 0.412 e. The van der Waals surface area contributed by atoms with Gasteiger partial charge < -0.3 is 29.9 Å². The van der Waals surface area contributed by atoms with Crippen LogP contribution in [0.5, 0.6) is 5.75 Å². The molecule has 1 aliphatic rings. The van der Waals surface area contributed by atoms with Crippen molar-refractivity contribution < 1.29 is 23.6 Å². The van der Waals surface area contributed by atoms with Gasteiger partial charge in [-0.1, -0.05) is 11.2 Å². The molecule has 0 unspecified atom stereocenters. The molecule has 190 valence electrons. The number of fused-ring (bicyclic) bond motifs is 1. The van der Waals surface area contributed by atoms with E-state index in [1.54, 1.807) is 31.5 Å². The van der Waals surface area contributed by atoms with Gasteiger partial charge in [-0.3, -0.25) is 14.2 Å². The van der Waals surface area contributed by atoms with Gasteiger partial charge in [0.25, 0.3) is 11.5 Å². The van der Waals surface area contributed by atoms with Crippen molar-refractivity contribution in [2.75, 3.05) is 19.5 Å². The number of anilines is 2. The van der Waals surface area contributed by atoms with E-state index in [2.05, 4.69) is 36.1 Å². The first kappa shape index (κ1) is 23.9. The number of hydrogen-bond acceptors (Lipinski definition) is 11. The zero-order chi connectivity index (χ0) is 25.9. The smallest absolute Gasteiger partial charge is 0.408 e. The summed E-state index contributed by atoms with van der Waals surface area (Å²) in [4.78, 5) is 50.6. The third-order valence-corrected chi connectivity index (χ3v) is 5.83. The highest BCUT2D eigenvalue weighted by Crippen LogP contribution is 2.31. The molecule has 2 amide bonds. The Kier molecular flexibility index (Phi) is 6.47. The van der Waals surface area contributed by atoms with E-state index in [4.69, 9.17) is 14.0 Å².